The minimum Gasteiger partial charge on any atom is -0.481 e. The van der Waals surface area contributed by atoms with Crippen LogP contribution in [-0.4, -0.2) is 43.2 Å². The van der Waals surface area contributed by atoms with Crippen molar-refractivity contribution in [2.75, 3.05) is 12.8 Å². The number of carboxylic acid groups (broad SMARTS) is 1. The van der Waals surface area contributed by atoms with E-state index in [2.05, 4.69) is 60.3 Å². The zero-order valence-corrected chi connectivity index (χ0v) is 31.4. The maximum absolute atomic E-state index is 13.8. The predicted octanol–water partition coefficient (Wildman–Crippen LogP) is 8.40. The van der Waals surface area contributed by atoms with Gasteiger partial charge in [0.25, 0.3) is 8.32 Å². The number of carbonyl (C=O) groups is 1. The smallest absolute Gasteiger partial charge is 0.305 e. The van der Waals surface area contributed by atoms with Crippen LogP contribution >= 0.6 is 8.03 Å². The Labute approximate surface area is 292 Å². The average Bonchev–Trinajstić information content (AvgIpc) is 3.05. The number of aromatic nitrogens is 1. The summed E-state index contributed by atoms with van der Waals surface area (Å²) < 4.78 is 40.0. The summed E-state index contributed by atoms with van der Waals surface area (Å²) >= 11 is 0. The topological polar surface area (TPSA) is 85.7 Å². The quantitative estimate of drug-likeness (QED) is 0.0858. The van der Waals surface area contributed by atoms with Gasteiger partial charge in [-0.2, -0.15) is 0 Å². The van der Waals surface area contributed by atoms with E-state index >= 15 is 0 Å². The third kappa shape index (κ3) is 9.43. The van der Waals surface area contributed by atoms with Gasteiger partial charge in [0.1, 0.15) is 12.4 Å². The van der Waals surface area contributed by atoms with E-state index in [0.29, 0.717) is 5.56 Å². The van der Waals surface area contributed by atoms with E-state index in [1.54, 1.807) is 12.1 Å². The van der Waals surface area contributed by atoms with Gasteiger partial charge in [0, 0.05) is 17.4 Å². The van der Waals surface area contributed by atoms with Gasteiger partial charge >= 0.3 is 5.97 Å². The van der Waals surface area contributed by atoms with E-state index in [-0.39, 0.29) is 41.9 Å². The predicted molar refractivity (Wildman–Crippen MR) is 199 cm³/mol. The summed E-state index contributed by atoms with van der Waals surface area (Å²) in [6.45, 7) is 14.5. The van der Waals surface area contributed by atoms with Crippen LogP contribution in [0.25, 0.3) is 11.1 Å². The molecule has 2 atom stereocenters. The summed E-state index contributed by atoms with van der Waals surface area (Å²) in [5, 5.41) is 11.5. The summed E-state index contributed by atoms with van der Waals surface area (Å²) in [5.41, 5.74) is 4.13. The third-order valence-corrected chi connectivity index (χ3v) is 14.8. The maximum atomic E-state index is 13.8. The molecule has 6 nitrogen and oxygen atoms in total. The van der Waals surface area contributed by atoms with Gasteiger partial charge in [-0.3, -0.25) is 14.3 Å². The van der Waals surface area contributed by atoms with Crippen LogP contribution in [0, 0.1) is 17.7 Å². The Morgan fingerprint density at radius 1 is 0.918 bits per heavy atom. The number of aliphatic carboxylic acids is 1. The Hall–Kier alpha value is -3.86. The highest BCUT2D eigenvalue weighted by atomic mass is 31.1. The molecule has 1 N–H and O–H groups in total. The summed E-state index contributed by atoms with van der Waals surface area (Å²) in [7, 11) is -5.85. The highest BCUT2D eigenvalue weighted by Crippen LogP contribution is 2.39. The Morgan fingerprint density at radius 3 is 1.98 bits per heavy atom. The van der Waals surface area contributed by atoms with Crippen molar-refractivity contribution in [3.63, 3.8) is 0 Å². The summed E-state index contributed by atoms with van der Waals surface area (Å²) in [5.74, 6) is 5.13. The lowest BCUT2D eigenvalue weighted by molar-refractivity contribution is -0.138. The van der Waals surface area contributed by atoms with Gasteiger partial charge in [-0.05, 0) is 51.0 Å². The van der Waals surface area contributed by atoms with E-state index in [9.17, 15) is 18.9 Å². The lowest BCUT2D eigenvalue weighted by Crippen LogP contribution is -2.68. The molecule has 0 aliphatic heterocycles. The minimum absolute atomic E-state index is 0.0636. The van der Waals surface area contributed by atoms with E-state index < -0.39 is 28.4 Å². The maximum Gasteiger partial charge on any atom is 0.305 e. The first-order chi connectivity index (χ1) is 23.2. The van der Waals surface area contributed by atoms with Crippen molar-refractivity contribution in [2.24, 2.45) is 0 Å². The zero-order chi connectivity index (χ0) is 35.8. The van der Waals surface area contributed by atoms with Gasteiger partial charge in [-0.25, -0.2) is 4.39 Å². The third-order valence-electron chi connectivity index (χ3n) is 8.44. The Bertz CT molecular complexity index is 1760. The van der Waals surface area contributed by atoms with Gasteiger partial charge in [0.05, 0.1) is 23.8 Å². The number of pyridine rings is 1. The van der Waals surface area contributed by atoms with Crippen LogP contribution in [-0.2, 0) is 18.3 Å². The van der Waals surface area contributed by atoms with Crippen molar-refractivity contribution in [1.29, 1.82) is 0 Å². The lowest BCUT2D eigenvalue weighted by Gasteiger charge is -2.45. The van der Waals surface area contributed by atoms with Crippen molar-refractivity contribution in [2.45, 2.75) is 77.9 Å². The molecule has 0 fully saturated rings. The van der Waals surface area contributed by atoms with Crippen molar-refractivity contribution >= 4 is 32.7 Å². The highest BCUT2D eigenvalue weighted by Gasteiger charge is 2.51. The van der Waals surface area contributed by atoms with Crippen LogP contribution in [0.4, 0.5) is 4.39 Å². The summed E-state index contributed by atoms with van der Waals surface area (Å²) in [6.07, 6.45) is -1.23. The van der Waals surface area contributed by atoms with E-state index in [0.717, 1.165) is 32.9 Å². The molecule has 3 aromatic carbocycles. The van der Waals surface area contributed by atoms with E-state index in [1.807, 2.05) is 66.7 Å². The van der Waals surface area contributed by atoms with Crippen molar-refractivity contribution in [3.05, 3.63) is 114 Å². The SMILES string of the molecule is CC(C)c1cc(-c2ccc(F)cc2)c(C#CCO[PH](=O)C[C@H](CC(=O)O)O[Si](c2ccccc2)(c2ccccc2)C(C)(C)C)c(C(C)C)n1. The molecule has 4 aromatic rings. The lowest BCUT2D eigenvalue weighted by atomic mass is 9.92. The molecule has 0 aliphatic carbocycles. The minimum atomic E-state index is -3.10. The molecule has 1 unspecified atom stereocenters. The Balaban J connectivity index is 1.63. The van der Waals surface area contributed by atoms with Gasteiger partial charge < -0.3 is 14.1 Å². The molecule has 0 spiro atoms. The molecule has 49 heavy (non-hydrogen) atoms. The largest absolute Gasteiger partial charge is 0.481 e. The number of halogens is 1. The van der Waals surface area contributed by atoms with Crippen LogP contribution < -0.4 is 10.4 Å². The number of carboxylic acids is 1. The Kier molecular flexibility index (Phi) is 12.9. The normalized spacial score (nSPS) is 13.2. The second kappa shape index (κ2) is 16.7. The molecular formula is C40H47FNO5PSi. The number of benzene rings is 3. The number of hydrogen-bond acceptors (Lipinski definition) is 5. The molecule has 0 radical (unpaired) electrons. The first-order valence-corrected chi connectivity index (χ1v) is 20.1. The fourth-order valence-corrected chi connectivity index (χ4v) is 11.9. The first kappa shape index (κ1) is 37.9. The molecule has 0 bridgehead atoms. The second-order valence-electron chi connectivity index (χ2n) is 13.8. The molecule has 0 aliphatic rings. The fraction of sp³-hybridized carbons (Fsp3) is 0.350. The molecule has 258 valence electrons. The van der Waals surface area contributed by atoms with Crippen LogP contribution in [0.1, 0.15) is 83.7 Å². The average molecular weight is 700 g/mol. The van der Waals surface area contributed by atoms with E-state index in [4.69, 9.17) is 13.9 Å². The molecule has 4 rings (SSSR count). The van der Waals surface area contributed by atoms with Crippen LogP contribution in [0.5, 0.6) is 0 Å². The van der Waals surface area contributed by atoms with Crippen LogP contribution in [0.15, 0.2) is 91.0 Å². The molecule has 0 amide bonds. The van der Waals surface area contributed by atoms with Gasteiger partial charge in [-0.1, -0.05) is 133 Å². The van der Waals surface area contributed by atoms with Crippen molar-refractivity contribution in [3.8, 4) is 23.0 Å². The molecular weight excluding hydrogens is 652 g/mol. The van der Waals surface area contributed by atoms with Gasteiger partial charge in [0.15, 0.2) is 8.03 Å². The van der Waals surface area contributed by atoms with Crippen LogP contribution in [0.2, 0.25) is 5.04 Å². The van der Waals surface area contributed by atoms with Crippen molar-refractivity contribution < 1.29 is 27.8 Å². The number of nitrogens with zero attached hydrogens (tertiary/aromatic N) is 1. The number of hydrogen-bond donors (Lipinski definition) is 1. The van der Waals surface area contributed by atoms with Crippen molar-refractivity contribution in [1.82, 2.24) is 4.98 Å². The first-order valence-electron chi connectivity index (χ1n) is 16.7. The Morgan fingerprint density at radius 2 is 1.49 bits per heavy atom. The van der Waals surface area contributed by atoms with Crippen LogP contribution in [0.3, 0.4) is 0 Å². The van der Waals surface area contributed by atoms with Gasteiger partial charge in [-0.15, -0.1) is 0 Å². The highest BCUT2D eigenvalue weighted by molar-refractivity contribution is 7.39. The number of rotatable bonds is 13. The monoisotopic (exact) mass is 699 g/mol. The van der Waals surface area contributed by atoms with E-state index in [1.165, 1.54) is 12.1 Å². The zero-order valence-electron chi connectivity index (χ0n) is 29.4. The van der Waals surface area contributed by atoms with Gasteiger partial charge in [0.2, 0.25) is 0 Å². The second-order valence-corrected chi connectivity index (χ2v) is 19.5. The fourth-order valence-electron chi connectivity index (χ4n) is 6.06. The molecule has 0 saturated carbocycles. The molecule has 0 saturated heterocycles. The summed E-state index contributed by atoms with van der Waals surface area (Å²) in [4.78, 5) is 17.0. The molecule has 9 heteroatoms. The molecule has 1 aromatic heterocycles. The summed E-state index contributed by atoms with van der Waals surface area (Å²) in [6, 6.07) is 28.2. The standard InChI is InChI=1S/C40H47FNO5PSi/c1-28(2)37-26-36(30-20-22-31(41)23-21-30)35(39(42-37)29(3)4)19-14-24-46-48(45)27-32(25-38(43)44)47-49(40(5,6)7,33-15-10-8-11-16-33)34-17-12-9-13-18-34/h8-13,15-18,20-23,26,28-29,32,48H,24-25,27H2,1-7H3,(H,43,44)/t32-/m0/s1. The molecule has 1 heterocycles.